The second kappa shape index (κ2) is 5.69. The molecule has 1 aromatic carbocycles. The van der Waals surface area contributed by atoms with E-state index in [1.807, 2.05) is 24.3 Å². The maximum Gasteiger partial charge on any atom is 0.243 e. The quantitative estimate of drug-likeness (QED) is 0.841. The van der Waals surface area contributed by atoms with Crippen LogP contribution in [-0.4, -0.2) is 20.1 Å². The number of hydrogen-bond acceptors (Lipinski definition) is 5. The topological polar surface area (TPSA) is 75.6 Å². The van der Waals surface area contributed by atoms with Gasteiger partial charge in [0.15, 0.2) is 0 Å². The predicted molar refractivity (Wildman–Crippen MR) is 82.9 cm³/mol. The summed E-state index contributed by atoms with van der Waals surface area (Å²) in [7, 11) is -3.68. The standard InChI is InChI=1S/C13H12BrNO4S2/c14-13-12(5-8(6-16)20-13)21(17,18)15-10-7-19-11-4-2-1-3-9(10)11/h1-5,10,15-16H,6-7H2. The van der Waals surface area contributed by atoms with Gasteiger partial charge in [-0.05, 0) is 28.1 Å². The van der Waals surface area contributed by atoms with Gasteiger partial charge in [0.2, 0.25) is 10.0 Å². The van der Waals surface area contributed by atoms with Crippen LogP contribution in [-0.2, 0) is 16.6 Å². The van der Waals surface area contributed by atoms with Crippen molar-refractivity contribution in [1.29, 1.82) is 0 Å². The normalized spacial score (nSPS) is 17.5. The van der Waals surface area contributed by atoms with Crippen molar-refractivity contribution in [2.45, 2.75) is 17.5 Å². The molecule has 1 aromatic heterocycles. The number of hydrogen-bond donors (Lipinski definition) is 2. The number of sulfonamides is 1. The number of nitrogens with one attached hydrogen (secondary N) is 1. The van der Waals surface area contributed by atoms with Gasteiger partial charge in [0, 0.05) is 10.4 Å². The van der Waals surface area contributed by atoms with E-state index in [1.54, 1.807) is 0 Å². The van der Waals surface area contributed by atoms with Gasteiger partial charge in [0.05, 0.1) is 16.4 Å². The molecule has 21 heavy (non-hydrogen) atoms. The molecule has 2 heterocycles. The minimum Gasteiger partial charge on any atom is -0.491 e. The number of halogens is 1. The number of benzene rings is 1. The third-order valence-corrected chi connectivity index (χ3v) is 6.86. The minimum atomic E-state index is -3.68. The van der Waals surface area contributed by atoms with E-state index in [4.69, 9.17) is 9.84 Å². The predicted octanol–water partition coefficient (Wildman–Crippen LogP) is 2.41. The van der Waals surface area contributed by atoms with Crippen LogP contribution in [0.4, 0.5) is 0 Å². The van der Waals surface area contributed by atoms with E-state index in [2.05, 4.69) is 20.7 Å². The van der Waals surface area contributed by atoms with E-state index >= 15 is 0 Å². The first-order valence-electron chi connectivity index (χ1n) is 6.14. The minimum absolute atomic E-state index is 0.140. The zero-order chi connectivity index (χ0) is 15.0. The molecular formula is C13H12BrNO4S2. The molecule has 8 heteroatoms. The largest absolute Gasteiger partial charge is 0.491 e. The van der Waals surface area contributed by atoms with E-state index in [0.29, 0.717) is 14.4 Å². The molecule has 0 aliphatic carbocycles. The highest BCUT2D eigenvalue weighted by Crippen LogP contribution is 2.35. The van der Waals surface area contributed by atoms with Crippen LogP contribution >= 0.6 is 27.3 Å². The number of thiophene rings is 1. The first kappa shape index (κ1) is 15.0. The molecule has 0 amide bonds. The summed E-state index contributed by atoms with van der Waals surface area (Å²) in [6.07, 6.45) is 0. The lowest BCUT2D eigenvalue weighted by Crippen LogP contribution is -2.29. The first-order chi connectivity index (χ1) is 10.0. The Morgan fingerprint density at radius 2 is 2.19 bits per heavy atom. The van der Waals surface area contributed by atoms with Crippen molar-refractivity contribution < 1.29 is 18.3 Å². The van der Waals surface area contributed by atoms with Crippen LogP contribution in [0.25, 0.3) is 0 Å². The average Bonchev–Trinajstić information content (AvgIpc) is 3.03. The number of ether oxygens (including phenoxy) is 1. The number of fused-ring (bicyclic) bond motifs is 1. The van der Waals surface area contributed by atoms with Gasteiger partial charge in [-0.3, -0.25) is 0 Å². The van der Waals surface area contributed by atoms with Crippen LogP contribution in [0.5, 0.6) is 5.75 Å². The molecule has 1 aliphatic heterocycles. The molecule has 0 spiro atoms. The van der Waals surface area contributed by atoms with Crippen LogP contribution < -0.4 is 9.46 Å². The number of aliphatic hydroxyl groups is 1. The summed E-state index contributed by atoms with van der Waals surface area (Å²) in [6.45, 7) is 0.0847. The Bertz CT molecular complexity index is 772. The summed E-state index contributed by atoms with van der Waals surface area (Å²) in [5.74, 6) is 0.700. The van der Waals surface area contributed by atoms with Crippen molar-refractivity contribution in [3.63, 3.8) is 0 Å². The molecule has 0 fully saturated rings. The lowest BCUT2D eigenvalue weighted by atomic mass is 10.1. The molecule has 0 saturated heterocycles. The van der Waals surface area contributed by atoms with Crippen molar-refractivity contribution in [3.8, 4) is 5.75 Å². The van der Waals surface area contributed by atoms with Gasteiger partial charge >= 0.3 is 0 Å². The number of para-hydroxylation sites is 1. The Morgan fingerprint density at radius 1 is 1.43 bits per heavy atom. The van der Waals surface area contributed by atoms with E-state index in [0.717, 1.165) is 5.56 Å². The van der Waals surface area contributed by atoms with E-state index in [-0.39, 0.29) is 18.1 Å². The zero-order valence-corrected chi connectivity index (χ0v) is 14.0. The molecule has 3 rings (SSSR count). The molecule has 0 bridgehead atoms. The molecule has 0 saturated carbocycles. The highest BCUT2D eigenvalue weighted by Gasteiger charge is 2.30. The Labute approximate surface area is 134 Å². The van der Waals surface area contributed by atoms with Gasteiger partial charge in [0.1, 0.15) is 17.3 Å². The molecule has 2 N–H and O–H groups in total. The highest BCUT2D eigenvalue weighted by atomic mass is 79.9. The van der Waals surface area contributed by atoms with Crippen molar-refractivity contribution in [3.05, 3.63) is 44.6 Å². The summed E-state index contributed by atoms with van der Waals surface area (Å²) in [4.78, 5) is 0.728. The summed E-state index contributed by atoms with van der Waals surface area (Å²) >= 11 is 4.43. The van der Waals surface area contributed by atoms with Crippen LogP contribution in [0.2, 0.25) is 0 Å². The third kappa shape index (κ3) is 2.86. The molecule has 1 atom stereocenters. The Kier molecular flexibility index (Phi) is 4.06. The molecule has 2 aromatic rings. The Balaban J connectivity index is 1.89. The van der Waals surface area contributed by atoms with Crippen LogP contribution in [0, 0.1) is 0 Å². The molecule has 5 nitrogen and oxygen atoms in total. The van der Waals surface area contributed by atoms with Crippen LogP contribution in [0.15, 0.2) is 39.0 Å². The average molecular weight is 390 g/mol. The molecule has 1 aliphatic rings. The zero-order valence-electron chi connectivity index (χ0n) is 10.7. The maximum absolute atomic E-state index is 12.5. The SMILES string of the molecule is O=S(=O)(NC1COc2ccccc21)c1cc(CO)sc1Br. The van der Waals surface area contributed by atoms with Gasteiger partial charge in [-0.25, -0.2) is 8.42 Å². The van der Waals surface area contributed by atoms with Crippen molar-refractivity contribution in [2.24, 2.45) is 0 Å². The summed E-state index contributed by atoms with van der Waals surface area (Å²) in [6, 6.07) is 8.41. The Morgan fingerprint density at radius 3 is 2.90 bits per heavy atom. The number of aliphatic hydroxyl groups excluding tert-OH is 1. The van der Waals surface area contributed by atoms with E-state index in [1.165, 1.54) is 17.4 Å². The van der Waals surface area contributed by atoms with Gasteiger partial charge in [-0.1, -0.05) is 18.2 Å². The fourth-order valence-corrected chi connectivity index (χ4v) is 5.91. The summed E-state index contributed by atoms with van der Waals surface area (Å²) in [5, 5.41) is 9.11. The number of rotatable bonds is 4. The lowest BCUT2D eigenvalue weighted by molar-refractivity contribution is 0.285. The van der Waals surface area contributed by atoms with Gasteiger partial charge in [-0.15, -0.1) is 11.3 Å². The second-order valence-corrected chi connectivity index (χ2v) is 8.67. The third-order valence-electron chi connectivity index (χ3n) is 3.15. The molecule has 1 unspecified atom stereocenters. The second-order valence-electron chi connectivity index (χ2n) is 4.53. The summed E-state index contributed by atoms with van der Waals surface area (Å²) in [5.41, 5.74) is 0.829. The van der Waals surface area contributed by atoms with Gasteiger partial charge < -0.3 is 9.84 Å². The highest BCUT2D eigenvalue weighted by molar-refractivity contribution is 9.11. The molecule has 112 valence electrons. The van der Waals surface area contributed by atoms with Crippen molar-refractivity contribution >= 4 is 37.3 Å². The first-order valence-corrected chi connectivity index (χ1v) is 9.23. The fraction of sp³-hybridized carbons (Fsp3) is 0.231. The monoisotopic (exact) mass is 389 g/mol. The lowest BCUT2D eigenvalue weighted by Gasteiger charge is -2.11. The summed E-state index contributed by atoms with van der Waals surface area (Å²) < 4.78 is 33.6. The molecular weight excluding hydrogens is 378 g/mol. The van der Waals surface area contributed by atoms with Crippen LogP contribution in [0.1, 0.15) is 16.5 Å². The Hall–Kier alpha value is -0.930. The van der Waals surface area contributed by atoms with E-state index < -0.39 is 16.1 Å². The van der Waals surface area contributed by atoms with Gasteiger partial charge in [0.25, 0.3) is 0 Å². The van der Waals surface area contributed by atoms with Crippen LogP contribution in [0.3, 0.4) is 0 Å². The molecule has 0 radical (unpaired) electrons. The smallest absolute Gasteiger partial charge is 0.243 e. The van der Waals surface area contributed by atoms with E-state index in [9.17, 15) is 8.42 Å². The maximum atomic E-state index is 12.5. The fourth-order valence-electron chi connectivity index (χ4n) is 2.17. The van der Waals surface area contributed by atoms with Crippen molar-refractivity contribution in [1.82, 2.24) is 4.72 Å². The van der Waals surface area contributed by atoms with Gasteiger partial charge in [-0.2, -0.15) is 4.72 Å². The van der Waals surface area contributed by atoms with Crippen molar-refractivity contribution in [2.75, 3.05) is 6.61 Å².